The summed E-state index contributed by atoms with van der Waals surface area (Å²) >= 11 is 0. The van der Waals surface area contributed by atoms with E-state index in [0.29, 0.717) is 12.4 Å². The molecule has 0 spiro atoms. The molecule has 0 bridgehead atoms. The van der Waals surface area contributed by atoms with Gasteiger partial charge in [-0.1, -0.05) is 12.1 Å². The van der Waals surface area contributed by atoms with Crippen molar-refractivity contribution in [3.05, 3.63) is 42.1 Å². The van der Waals surface area contributed by atoms with Crippen molar-refractivity contribution in [2.24, 2.45) is 0 Å². The first-order valence-electron chi connectivity index (χ1n) is 9.95. The SMILES string of the molecule is CCOc1cccc(-c2nc(Nc3cc(C)[nH]n3)cc(N3CCN(C)CC3)n2)c1. The molecule has 0 radical (unpaired) electrons. The third-order valence-electron chi connectivity index (χ3n) is 4.91. The number of anilines is 3. The Bertz CT molecular complexity index is 963. The molecule has 0 atom stereocenters. The zero-order chi connectivity index (χ0) is 20.2. The summed E-state index contributed by atoms with van der Waals surface area (Å²) in [7, 11) is 2.15. The third-order valence-corrected chi connectivity index (χ3v) is 4.91. The van der Waals surface area contributed by atoms with E-state index in [2.05, 4.69) is 32.4 Å². The monoisotopic (exact) mass is 393 g/mol. The quantitative estimate of drug-likeness (QED) is 0.666. The van der Waals surface area contributed by atoms with Gasteiger partial charge in [-0.3, -0.25) is 5.10 Å². The molecule has 2 aromatic heterocycles. The summed E-state index contributed by atoms with van der Waals surface area (Å²) in [5.74, 6) is 3.85. The molecule has 4 rings (SSSR count). The molecular weight excluding hydrogens is 366 g/mol. The molecule has 3 aromatic rings. The van der Waals surface area contributed by atoms with Gasteiger partial charge in [0.2, 0.25) is 0 Å². The second-order valence-electron chi connectivity index (χ2n) is 7.25. The number of piperazine rings is 1. The second-order valence-corrected chi connectivity index (χ2v) is 7.25. The van der Waals surface area contributed by atoms with Gasteiger partial charge in [0.25, 0.3) is 0 Å². The minimum absolute atomic E-state index is 0.622. The van der Waals surface area contributed by atoms with Crippen molar-refractivity contribution in [3.63, 3.8) is 0 Å². The van der Waals surface area contributed by atoms with Gasteiger partial charge in [-0.05, 0) is 33.0 Å². The predicted molar refractivity (Wildman–Crippen MR) is 115 cm³/mol. The molecule has 8 heteroatoms. The maximum Gasteiger partial charge on any atom is 0.164 e. The Hall–Kier alpha value is -3.13. The number of nitrogens with one attached hydrogen (secondary N) is 2. The minimum Gasteiger partial charge on any atom is -0.494 e. The summed E-state index contributed by atoms with van der Waals surface area (Å²) < 4.78 is 5.65. The number of ether oxygens (including phenoxy) is 1. The zero-order valence-electron chi connectivity index (χ0n) is 17.1. The Morgan fingerprint density at radius 2 is 1.90 bits per heavy atom. The lowest BCUT2D eigenvalue weighted by Crippen LogP contribution is -2.44. The van der Waals surface area contributed by atoms with Gasteiger partial charge in [-0.25, -0.2) is 9.97 Å². The largest absolute Gasteiger partial charge is 0.494 e. The standard InChI is InChI=1S/C21H27N7O/c1-4-29-17-7-5-6-16(13-17)21-23-18(22-19-12-15(2)25-26-19)14-20(24-21)28-10-8-27(3)9-11-28/h5-7,12-14H,4,8-11H2,1-3H3,(H2,22,23,24,25,26). The Labute approximate surface area is 170 Å². The fourth-order valence-corrected chi connectivity index (χ4v) is 3.33. The molecule has 1 fully saturated rings. The van der Waals surface area contributed by atoms with Crippen molar-refractivity contribution in [3.8, 4) is 17.1 Å². The lowest BCUT2D eigenvalue weighted by atomic mass is 10.2. The normalized spacial score (nSPS) is 14.8. The molecular formula is C21H27N7O. The van der Waals surface area contributed by atoms with Gasteiger partial charge in [0.1, 0.15) is 17.4 Å². The molecule has 8 nitrogen and oxygen atoms in total. The maximum absolute atomic E-state index is 5.65. The molecule has 3 heterocycles. The Morgan fingerprint density at radius 3 is 2.62 bits per heavy atom. The fourth-order valence-electron chi connectivity index (χ4n) is 3.33. The minimum atomic E-state index is 0.622. The number of hydrogen-bond donors (Lipinski definition) is 2. The lowest BCUT2D eigenvalue weighted by molar-refractivity contribution is 0.312. The number of aromatic nitrogens is 4. The average Bonchev–Trinajstić information content (AvgIpc) is 3.13. The van der Waals surface area contributed by atoms with Crippen LogP contribution in [-0.2, 0) is 0 Å². The van der Waals surface area contributed by atoms with Gasteiger partial charge in [-0.2, -0.15) is 5.10 Å². The number of nitrogens with zero attached hydrogens (tertiary/aromatic N) is 5. The van der Waals surface area contributed by atoms with Crippen LogP contribution in [-0.4, -0.2) is 64.9 Å². The highest BCUT2D eigenvalue weighted by molar-refractivity contribution is 5.65. The van der Waals surface area contributed by atoms with Gasteiger partial charge >= 0.3 is 0 Å². The van der Waals surface area contributed by atoms with Crippen molar-refractivity contribution in [2.45, 2.75) is 13.8 Å². The van der Waals surface area contributed by atoms with Crippen LogP contribution in [0.5, 0.6) is 5.75 Å². The highest BCUT2D eigenvalue weighted by Gasteiger charge is 2.18. The Balaban J connectivity index is 1.70. The van der Waals surface area contributed by atoms with E-state index in [-0.39, 0.29) is 0 Å². The van der Waals surface area contributed by atoms with Gasteiger partial charge < -0.3 is 19.9 Å². The number of likely N-dealkylation sites (N-methyl/N-ethyl adjacent to an activating group) is 1. The summed E-state index contributed by atoms with van der Waals surface area (Å²) in [4.78, 5) is 14.3. The highest BCUT2D eigenvalue weighted by Crippen LogP contribution is 2.27. The first-order chi connectivity index (χ1) is 14.1. The van der Waals surface area contributed by atoms with Crippen molar-refractivity contribution < 1.29 is 4.74 Å². The lowest BCUT2D eigenvalue weighted by Gasteiger charge is -2.33. The zero-order valence-corrected chi connectivity index (χ0v) is 17.1. The van der Waals surface area contributed by atoms with Crippen molar-refractivity contribution in [1.29, 1.82) is 0 Å². The van der Waals surface area contributed by atoms with Crippen LogP contribution in [0, 0.1) is 6.92 Å². The highest BCUT2D eigenvalue weighted by atomic mass is 16.5. The summed E-state index contributed by atoms with van der Waals surface area (Å²) in [6.45, 7) is 8.47. The number of hydrogen-bond acceptors (Lipinski definition) is 7. The van der Waals surface area contributed by atoms with E-state index in [9.17, 15) is 0 Å². The molecule has 29 heavy (non-hydrogen) atoms. The molecule has 152 valence electrons. The van der Waals surface area contributed by atoms with Crippen molar-refractivity contribution in [2.75, 3.05) is 50.1 Å². The van der Waals surface area contributed by atoms with Gasteiger partial charge in [0.15, 0.2) is 11.6 Å². The summed E-state index contributed by atoms with van der Waals surface area (Å²) in [6.07, 6.45) is 0. The van der Waals surface area contributed by atoms with Crippen LogP contribution in [0.1, 0.15) is 12.6 Å². The van der Waals surface area contributed by atoms with Crippen LogP contribution in [0.4, 0.5) is 17.5 Å². The molecule has 0 aliphatic carbocycles. The van der Waals surface area contributed by atoms with Crippen LogP contribution >= 0.6 is 0 Å². The first-order valence-corrected chi connectivity index (χ1v) is 9.95. The van der Waals surface area contributed by atoms with E-state index >= 15 is 0 Å². The summed E-state index contributed by atoms with van der Waals surface area (Å²) in [5.41, 5.74) is 1.92. The molecule has 1 aliphatic rings. The van der Waals surface area contributed by atoms with E-state index in [1.807, 2.05) is 50.2 Å². The molecule has 0 amide bonds. The van der Waals surface area contributed by atoms with Crippen LogP contribution in [0.3, 0.4) is 0 Å². The van der Waals surface area contributed by atoms with E-state index in [1.54, 1.807) is 0 Å². The van der Waals surface area contributed by atoms with Gasteiger partial charge in [-0.15, -0.1) is 0 Å². The van der Waals surface area contributed by atoms with E-state index in [0.717, 1.165) is 60.6 Å². The van der Waals surface area contributed by atoms with Gasteiger partial charge in [0, 0.05) is 49.6 Å². The van der Waals surface area contributed by atoms with Crippen LogP contribution in [0.2, 0.25) is 0 Å². The number of rotatable bonds is 6. The van der Waals surface area contributed by atoms with E-state index < -0.39 is 0 Å². The molecule has 2 N–H and O–H groups in total. The number of H-pyrrole nitrogens is 1. The van der Waals surface area contributed by atoms with Gasteiger partial charge in [0.05, 0.1) is 6.61 Å². The predicted octanol–water partition coefficient (Wildman–Crippen LogP) is 3.07. The number of aromatic amines is 1. The Kier molecular flexibility index (Phi) is 5.62. The van der Waals surface area contributed by atoms with Crippen LogP contribution < -0.4 is 15.0 Å². The summed E-state index contributed by atoms with van der Waals surface area (Å²) in [6, 6.07) is 11.8. The molecule has 0 unspecified atom stereocenters. The van der Waals surface area contributed by atoms with E-state index in [1.165, 1.54) is 0 Å². The first kappa shape index (κ1) is 19.2. The molecule has 1 saturated heterocycles. The fraction of sp³-hybridized carbons (Fsp3) is 0.381. The van der Waals surface area contributed by atoms with Crippen LogP contribution in [0.15, 0.2) is 36.4 Å². The smallest absolute Gasteiger partial charge is 0.164 e. The maximum atomic E-state index is 5.65. The summed E-state index contributed by atoms with van der Waals surface area (Å²) in [5, 5.41) is 10.5. The molecule has 1 aliphatic heterocycles. The number of aryl methyl sites for hydroxylation is 1. The Morgan fingerprint density at radius 1 is 1.07 bits per heavy atom. The van der Waals surface area contributed by atoms with Crippen molar-refractivity contribution in [1.82, 2.24) is 25.1 Å². The van der Waals surface area contributed by atoms with Crippen LogP contribution in [0.25, 0.3) is 11.4 Å². The van der Waals surface area contributed by atoms with E-state index in [4.69, 9.17) is 14.7 Å². The average molecular weight is 393 g/mol. The third kappa shape index (κ3) is 4.65. The van der Waals surface area contributed by atoms with Crippen molar-refractivity contribution >= 4 is 17.5 Å². The molecule has 1 aromatic carbocycles. The second kappa shape index (κ2) is 8.48. The topological polar surface area (TPSA) is 82.2 Å². The molecule has 0 saturated carbocycles. The number of benzene rings is 1.